The van der Waals surface area contributed by atoms with E-state index in [0.717, 1.165) is 10.0 Å². The molecule has 3 nitrogen and oxygen atoms in total. The van der Waals surface area contributed by atoms with Gasteiger partial charge in [-0.25, -0.2) is 0 Å². The van der Waals surface area contributed by atoms with Crippen LogP contribution in [-0.4, -0.2) is 5.91 Å². The molecule has 2 aromatic rings. The van der Waals surface area contributed by atoms with Crippen molar-refractivity contribution >= 4 is 27.5 Å². The van der Waals surface area contributed by atoms with Crippen molar-refractivity contribution in [1.82, 2.24) is 5.32 Å². The summed E-state index contributed by atoms with van der Waals surface area (Å²) in [5.41, 5.74) is 9.07. The van der Waals surface area contributed by atoms with Crippen LogP contribution < -0.4 is 11.1 Å². The van der Waals surface area contributed by atoms with E-state index in [0.29, 0.717) is 17.8 Å². The molecule has 0 spiro atoms. The molecule has 4 heteroatoms. The zero-order chi connectivity index (χ0) is 13.8. The van der Waals surface area contributed by atoms with Crippen LogP contribution in [0.2, 0.25) is 0 Å². The number of hydrogen-bond donors (Lipinski definition) is 2. The Hall–Kier alpha value is -1.81. The fraction of sp³-hybridized carbons (Fsp3) is 0.133. The maximum Gasteiger partial charge on any atom is 0.252 e. The van der Waals surface area contributed by atoms with Crippen LogP contribution in [0.1, 0.15) is 21.5 Å². The summed E-state index contributed by atoms with van der Waals surface area (Å²) in [5, 5.41) is 2.89. The van der Waals surface area contributed by atoms with Crippen LogP contribution in [0.5, 0.6) is 0 Å². The largest absolute Gasteiger partial charge is 0.399 e. The molecule has 0 radical (unpaired) electrons. The lowest BCUT2D eigenvalue weighted by molar-refractivity contribution is 0.0950. The van der Waals surface area contributed by atoms with Gasteiger partial charge in [-0.15, -0.1) is 0 Å². The lowest BCUT2D eigenvalue weighted by Gasteiger charge is -2.08. The molecule has 0 atom stereocenters. The molecular formula is C15H15BrN2O. The fourth-order valence-corrected chi connectivity index (χ4v) is 2.24. The lowest BCUT2D eigenvalue weighted by Crippen LogP contribution is -2.23. The maximum atomic E-state index is 12.1. The van der Waals surface area contributed by atoms with Crippen molar-refractivity contribution in [3.63, 3.8) is 0 Å². The quantitative estimate of drug-likeness (QED) is 0.853. The van der Waals surface area contributed by atoms with Gasteiger partial charge in [0, 0.05) is 16.7 Å². The zero-order valence-corrected chi connectivity index (χ0v) is 12.2. The first-order valence-electron chi connectivity index (χ1n) is 5.95. The van der Waals surface area contributed by atoms with Gasteiger partial charge in [0.05, 0.1) is 5.56 Å². The van der Waals surface area contributed by atoms with Crippen LogP contribution in [0.15, 0.2) is 46.9 Å². The van der Waals surface area contributed by atoms with Gasteiger partial charge in [-0.05, 0) is 46.6 Å². The fourth-order valence-electron chi connectivity index (χ4n) is 1.82. The summed E-state index contributed by atoms with van der Waals surface area (Å²) in [6.07, 6.45) is 0. The number of nitrogens with one attached hydrogen (secondary N) is 1. The zero-order valence-electron chi connectivity index (χ0n) is 10.6. The molecule has 0 saturated carbocycles. The maximum absolute atomic E-state index is 12.1. The Labute approximate surface area is 121 Å². The average molecular weight is 319 g/mol. The van der Waals surface area contributed by atoms with Crippen molar-refractivity contribution in [2.24, 2.45) is 0 Å². The number of amides is 1. The van der Waals surface area contributed by atoms with E-state index in [4.69, 9.17) is 5.73 Å². The third-order valence-electron chi connectivity index (χ3n) is 2.77. The average Bonchev–Trinajstić information content (AvgIpc) is 2.39. The second-order valence-corrected chi connectivity index (χ2v) is 5.27. The number of carbonyl (C=O) groups is 1. The Balaban J connectivity index is 2.07. The van der Waals surface area contributed by atoms with Crippen molar-refractivity contribution < 1.29 is 4.79 Å². The number of halogens is 1. The minimum absolute atomic E-state index is 0.138. The van der Waals surface area contributed by atoms with Crippen molar-refractivity contribution in [2.45, 2.75) is 13.5 Å². The predicted molar refractivity (Wildman–Crippen MR) is 80.9 cm³/mol. The number of benzene rings is 2. The molecule has 2 rings (SSSR count). The van der Waals surface area contributed by atoms with E-state index in [1.807, 2.05) is 25.1 Å². The molecule has 2 aromatic carbocycles. The number of carbonyl (C=O) groups excluding carboxylic acids is 1. The van der Waals surface area contributed by atoms with Crippen LogP contribution in [-0.2, 0) is 6.54 Å². The highest BCUT2D eigenvalue weighted by atomic mass is 79.9. The highest BCUT2D eigenvalue weighted by molar-refractivity contribution is 9.10. The smallest absolute Gasteiger partial charge is 0.252 e. The summed E-state index contributed by atoms with van der Waals surface area (Å²) in [6.45, 7) is 2.53. The van der Waals surface area contributed by atoms with Gasteiger partial charge < -0.3 is 11.1 Å². The highest BCUT2D eigenvalue weighted by Crippen LogP contribution is 2.19. The number of hydrogen-bond acceptors (Lipinski definition) is 2. The molecule has 0 aliphatic carbocycles. The van der Waals surface area contributed by atoms with Gasteiger partial charge >= 0.3 is 0 Å². The minimum Gasteiger partial charge on any atom is -0.399 e. The summed E-state index contributed by atoms with van der Waals surface area (Å²) in [6, 6.07) is 13.2. The molecule has 1 amide bonds. The van der Waals surface area contributed by atoms with Gasteiger partial charge in [0.15, 0.2) is 0 Å². The minimum atomic E-state index is -0.138. The first-order valence-corrected chi connectivity index (χ1v) is 6.74. The standard InChI is InChI=1S/C15H15BrN2O/c1-10-3-2-4-11(7-10)9-18-15(19)13-8-12(17)5-6-14(13)16/h2-8H,9,17H2,1H3,(H,18,19). The summed E-state index contributed by atoms with van der Waals surface area (Å²) in [4.78, 5) is 12.1. The highest BCUT2D eigenvalue weighted by Gasteiger charge is 2.09. The van der Waals surface area contributed by atoms with Crippen molar-refractivity contribution in [3.05, 3.63) is 63.6 Å². The topological polar surface area (TPSA) is 55.1 Å². The van der Waals surface area contributed by atoms with Gasteiger partial charge in [-0.3, -0.25) is 4.79 Å². The predicted octanol–water partition coefficient (Wildman–Crippen LogP) is 3.27. The van der Waals surface area contributed by atoms with E-state index in [2.05, 4.69) is 27.3 Å². The molecule has 0 saturated heterocycles. The second kappa shape index (κ2) is 5.89. The lowest BCUT2D eigenvalue weighted by atomic mass is 10.1. The van der Waals surface area contributed by atoms with E-state index in [9.17, 15) is 4.79 Å². The Bertz CT molecular complexity index is 611. The van der Waals surface area contributed by atoms with Crippen LogP contribution in [0.25, 0.3) is 0 Å². The van der Waals surface area contributed by atoms with E-state index in [1.165, 1.54) is 5.56 Å². The van der Waals surface area contributed by atoms with E-state index in [1.54, 1.807) is 18.2 Å². The molecule has 0 aliphatic heterocycles. The molecule has 3 N–H and O–H groups in total. The van der Waals surface area contributed by atoms with E-state index in [-0.39, 0.29) is 5.91 Å². The summed E-state index contributed by atoms with van der Waals surface area (Å²) in [5.74, 6) is -0.138. The van der Waals surface area contributed by atoms with Crippen molar-refractivity contribution in [3.8, 4) is 0 Å². The number of rotatable bonds is 3. The summed E-state index contributed by atoms with van der Waals surface area (Å²) >= 11 is 3.35. The summed E-state index contributed by atoms with van der Waals surface area (Å²) < 4.78 is 0.739. The normalized spacial score (nSPS) is 10.2. The van der Waals surface area contributed by atoms with E-state index >= 15 is 0 Å². The molecule has 0 aliphatic rings. The Morgan fingerprint density at radius 3 is 2.79 bits per heavy atom. The molecule has 0 bridgehead atoms. The Morgan fingerprint density at radius 2 is 2.05 bits per heavy atom. The van der Waals surface area contributed by atoms with Gasteiger partial charge in [-0.1, -0.05) is 29.8 Å². The number of aryl methyl sites for hydroxylation is 1. The summed E-state index contributed by atoms with van der Waals surface area (Å²) in [7, 11) is 0. The van der Waals surface area contributed by atoms with Crippen molar-refractivity contribution in [1.29, 1.82) is 0 Å². The molecule has 0 fully saturated rings. The molecular weight excluding hydrogens is 304 g/mol. The van der Waals surface area contributed by atoms with Gasteiger partial charge in [-0.2, -0.15) is 0 Å². The SMILES string of the molecule is Cc1cccc(CNC(=O)c2cc(N)ccc2Br)c1. The number of anilines is 1. The third-order valence-corrected chi connectivity index (χ3v) is 3.46. The van der Waals surface area contributed by atoms with Crippen LogP contribution >= 0.6 is 15.9 Å². The van der Waals surface area contributed by atoms with Crippen LogP contribution in [0.4, 0.5) is 5.69 Å². The van der Waals surface area contributed by atoms with Crippen molar-refractivity contribution in [2.75, 3.05) is 5.73 Å². The monoisotopic (exact) mass is 318 g/mol. The Morgan fingerprint density at radius 1 is 1.26 bits per heavy atom. The van der Waals surface area contributed by atoms with Crippen LogP contribution in [0, 0.1) is 6.92 Å². The number of nitrogen functional groups attached to an aromatic ring is 1. The number of nitrogens with two attached hydrogens (primary N) is 1. The molecule has 19 heavy (non-hydrogen) atoms. The third kappa shape index (κ3) is 3.58. The van der Waals surface area contributed by atoms with E-state index < -0.39 is 0 Å². The van der Waals surface area contributed by atoms with Gasteiger partial charge in [0.25, 0.3) is 5.91 Å². The molecule has 98 valence electrons. The first-order chi connectivity index (χ1) is 9.06. The van der Waals surface area contributed by atoms with Crippen LogP contribution in [0.3, 0.4) is 0 Å². The Kier molecular flexibility index (Phi) is 4.22. The molecule has 0 unspecified atom stereocenters. The second-order valence-electron chi connectivity index (χ2n) is 4.41. The first kappa shape index (κ1) is 13.6. The van der Waals surface area contributed by atoms with Gasteiger partial charge in [0.1, 0.15) is 0 Å². The molecule has 0 heterocycles. The molecule has 0 aromatic heterocycles. The van der Waals surface area contributed by atoms with Gasteiger partial charge in [0.2, 0.25) is 0 Å².